The van der Waals surface area contributed by atoms with E-state index in [2.05, 4.69) is 5.32 Å². The van der Waals surface area contributed by atoms with Gasteiger partial charge in [0.2, 0.25) is 0 Å². The number of carbonyl (C=O) groups excluding carboxylic acids is 3. The first-order valence-corrected chi connectivity index (χ1v) is 11.2. The molecule has 3 aromatic carbocycles. The first-order chi connectivity index (χ1) is 17.9. The van der Waals surface area contributed by atoms with Crippen molar-refractivity contribution in [2.75, 3.05) is 11.9 Å². The van der Waals surface area contributed by atoms with Crippen LogP contribution in [-0.4, -0.2) is 29.8 Å². The quantitative estimate of drug-likeness (QED) is 0.469. The first-order valence-electron chi connectivity index (χ1n) is 11.2. The largest absolute Gasteiger partial charge is 0.366 e. The number of anilines is 1. The maximum Gasteiger partial charge on any atom is 0.325 e. The Hall–Kier alpha value is -4.48. The van der Waals surface area contributed by atoms with E-state index in [-0.39, 0.29) is 11.3 Å². The van der Waals surface area contributed by atoms with Gasteiger partial charge in [-0.05, 0) is 25.1 Å². The van der Waals surface area contributed by atoms with Gasteiger partial charge in [0.1, 0.15) is 34.6 Å². The molecule has 0 aromatic heterocycles. The molecule has 0 spiro atoms. The van der Waals surface area contributed by atoms with Crippen molar-refractivity contribution in [1.82, 2.24) is 10.2 Å². The minimum atomic E-state index is -1.72. The Bertz CT molecular complexity index is 1460. The average Bonchev–Trinajstić information content (AvgIpc) is 2.85. The summed E-state index contributed by atoms with van der Waals surface area (Å²) in [6, 6.07) is 7.94. The second-order valence-corrected chi connectivity index (χ2v) is 8.80. The van der Waals surface area contributed by atoms with Crippen LogP contribution in [0.25, 0.3) is 0 Å². The van der Waals surface area contributed by atoms with E-state index < -0.39 is 82.3 Å². The molecular formula is C26H21F5N4O3. The molecule has 0 saturated carbocycles. The summed E-state index contributed by atoms with van der Waals surface area (Å²) in [5, 5.41) is 2.38. The van der Waals surface area contributed by atoms with Gasteiger partial charge in [-0.25, -0.2) is 26.7 Å². The lowest BCUT2D eigenvalue weighted by Gasteiger charge is -2.46. The summed E-state index contributed by atoms with van der Waals surface area (Å²) >= 11 is 0. The fourth-order valence-corrected chi connectivity index (χ4v) is 4.38. The van der Waals surface area contributed by atoms with Crippen LogP contribution in [0.4, 0.5) is 32.4 Å². The van der Waals surface area contributed by atoms with E-state index >= 15 is 0 Å². The van der Waals surface area contributed by atoms with Crippen molar-refractivity contribution in [1.29, 1.82) is 0 Å². The maximum absolute atomic E-state index is 14.9. The van der Waals surface area contributed by atoms with Gasteiger partial charge < -0.3 is 16.0 Å². The molecule has 4 rings (SSSR count). The summed E-state index contributed by atoms with van der Waals surface area (Å²) in [5.74, 6) is -7.71. The monoisotopic (exact) mass is 532 g/mol. The smallest absolute Gasteiger partial charge is 0.325 e. The van der Waals surface area contributed by atoms with Crippen LogP contribution >= 0.6 is 0 Å². The highest BCUT2D eigenvalue weighted by Crippen LogP contribution is 2.41. The molecule has 1 aliphatic rings. The van der Waals surface area contributed by atoms with Gasteiger partial charge in [-0.15, -0.1) is 0 Å². The second kappa shape index (κ2) is 9.77. The first kappa shape index (κ1) is 26.6. The van der Waals surface area contributed by atoms with Gasteiger partial charge in [0.15, 0.2) is 0 Å². The minimum absolute atomic E-state index is 0.135. The fourth-order valence-electron chi connectivity index (χ4n) is 4.38. The summed E-state index contributed by atoms with van der Waals surface area (Å²) in [4.78, 5) is 40.4. The van der Waals surface area contributed by atoms with Gasteiger partial charge in [0.25, 0.3) is 11.8 Å². The number of hydrogen-bond donors (Lipinski definition) is 2. The summed E-state index contributed by atoms with van der Waals surface area (Å²) in [6.07, 6.45) is 0. The third kappa shape index (κ3) is 4.31. The van der Waals surface area contributed by atoms with E-state index in [4.69, 9.17) is 5.73 Å². The van der Waals surface area contributed by atoms with E-state index in [1.807, 2.05) is 0 Å². The summed E-state index contributed by atoms with van der Waals surface area (Å²) in [6.45, 7) is 0.113. The van der Waals surface area contributed by atoms with Gasteiger partial charge in [0, 0.05) is 42.4 Å². The van der Waals surface area contributed by atoms with Crippen LogP contribution in [0.3, 0.4) is 0 Å². The molecule has 7 nitrogen and oxygen atoms in total. The highest BCUT2D eigenvalue weighted by molar-refractivity contribution is 6.03. The summed E-state index contributed by atoms with van der Waals surface area (Å²) in [7, 11) is 1.27. The third-order valence-corrected chi connectivity index (χ3v) is 6.65. The minimum Gasteiger partial charge on any atom is -0.366 e. The van der Waals surface area contributed by atoms with Crippen LogP contribution < -0.4 is 16.0 Å². The number of nitrogens with zero attached hydrogens (tertiary/aromatic N) is 2. The van der Waals surface area contributed by atoms with E-state index in [0.717, 1.165) is 21.9 Å². The number of hydrogen-bond acceptors (Lipinski definition) is 3. The zero-order chi connectivity index (χ0) is 27.9. The molecule has 1 unspecified atom stereocenters. The molecule has 0 radical (unpaired) electrons. The number of primary amides is 1. The fraction of sp³-hybridized carbons (Fsp3) is 0.192. The Labute approximate surface area is 213 Å². The highest BCUT2D eigenvalue weighted by Gasteiger charge is 2.49. The van der Waals surface area contributed by atoms with Crippen molar-refractivity contribution in [3.63, 3.8) is 0 Å². The number of para-hydroxylation sites is 1. The lowest BCUT2D eigenvalue weighted by molar-refractivity contribution is -0.131. The number of fused-ring (bicyclic) bond motifs is 1. The SMILES string of the molecule is CN1C(=O)N(Cc2c(F)ccc(C(N)=O)c2F)c2ccccc2C1(C)C(=O)NCc1c(F)cc(F)cc1F. The van der Waals surface area contributed by atoms with Crippen LogP contribution in [0.5, 0.6) is 0 Å². The number of carbonyl (C=O) groups is 3. The number of amides is 4. The Morgan fingerprint density at radius 1 is 0.947 bits per heavy atom. The summed E-state index contributed by atoms with van der Waals surface area (Å²) < 4.78 is 70.9. The average molecular weight is 532 g/mol. The van der Waals surface area contributed by atoms with Gasteiger partial charge in [-0.3, -0.25) is 14.5 Å². The van der Waals surface area contributed by atoms with Gasteiger partial charge in [-0.1, -0.05) is 18.2 Å². The Morgan fingerprint density at radius 3 is 2.21 bits per heavy atom. The molecule has 3 aromatic rings. The van der Waals surface area contributed by atoms with Crippen molar-refractivity contribution < 1.29 is 36.3 Å². The number of nitrogens with two attached hydrogens (primary N) is 1. The molecule has 0 aliphatic carbocycles. The third-order valence-electron chi connectivity index (χ3n) is 6.65. The molecule has 1 heterocycles. The van der Waals surface area contributed by atoms with Crippen LogP contribution in [0, 0.1) is 29.1 Å². The highest BCUT2D eigenvalue weighted by atomic mass is 19.2. The molecule has 1 aliphatic heterocycles. The van der Waals surface area contributed by atoms with Crippen molar-refractivity contribution in [3.8, 4) is 0 Å². The molecule has 38 heavy (non-hydrogen) atoms. The molecule has 3 N–H and O–H groups in total. The van der Waals surface area contributed by atoms with Crippen molar-refractivity contribution in [3.05, 3.63) is 99.9 Å². The van der Waals surface area contributed by atoms with Gasteiger partial charge in [-0.2, -0.15) is 0 Å². The lowest BCUT2D eigenvalue weighted by Crippen LogP contribution is -2.61. The molecule has 198 valence electrons. The van der Waals surface area contributed by atoms with E-state index in [1.54, 1.807) is 12.1 Å². The number of likely N-dealkylation sites (N-methyl/N-ethyl adjacent to an activating group) is 1. The molecule has 0 saturated heterocycles. The lowest BCUT2D eigenvalue weighted by atomic mass is 9.85. The zero-order valence-corrected chi connectivity index (χ0v) is 20.1. The Balaban J connectivity index is 1.71. The van der Waals surface area contributed by atoms with Crippen molar-refractivity contribution in [2.45, 2.75) is 25.6 Å². The molecule has 12 heteroatoms. The maximum atomic E-state index is 14.9. The number of benzene rings is 3. The van der Waals surface area contributed by atoms with Gasteiger partial charge in [0.05, 0.1) is 17.8 Å². The van der Waals surface area contributed by atoms with Crippen LogP contribution in [0.1, 0.15) is 34.0 Å². The zero-order valence-electron chi connectivity index (χ0n) is 20.1. The number of nitrogens with one attached hydrogen (secondary N) is 1. The predicted octanol–water partition coefficient (Wildman–Crippen LogP) is 4.08. The van der Waals surface area contributed by atoms with E-state index in [9.17, 15) is 36.3 Å². The standard InChI is InChI=1S/C26H21F5N4O3/c1-26(24(37)33-11-15-19(29)9-13(27)10-20(15)30)17-5-3-4-6-21(17)35(25(38)34(26)2)12-16-18(28)8-7-14(22(16)31)23(32)36/h3-10H,11-12H2,1-2H3,(H2,32,36)(H,33,37). The van der Waals surface area contributed by atoms with E-state index in [0.29, 0.717) is 12.1 Å². The van der Waals surface area contributed by atoms with Crippen LogP contribution in [0.2, 0.25) is 0 Å². The van der Waals surface area contributed by atoms with Crippen molar-refractivity contribution in [2.24, 2.45) is 5.73 Å². The molecule has 0 fully saturated rings. The van der Waals surface area contributed by atoms with Crippen molar-refractivity contribution >= 4 is 23.5 Å². The van der Waals surface area contributed by atoms with Gasteiger partial charge >= 0.3 is 6.03 Å². The molecule has 4 amide bonds. The Kier molecular flexibility index (Phi) is 6.83. The molecular weight excluding hydrogens is 511 g/mol. The number of halogens is 5. The summed E-state index contributed by atoms with van der Waals surface area (Å²) in [5.41, 5.74) is 2.09. The normalized spacial score (nSPS) is 16.9. The van der Waals surface area contributed by atoms with E-state index in [1.165, 1.54) is 26.1 Å². The van der Waals surface area contributed by atoms with Crippen LogP contribution in [-0.2, 0) is 23.4 Å². The molecule has 0 bridgehead atoms. The topological polar surface area (TPSA) is 95.7 Å². The predicted molar refractivity (Wildman–Crippen MR) is 126 cm³/mol. The second-order valence-electron chi connectivity index (χ2n) is 8.80. The number of rotatable bonds is 6. The van der Waals surface area contributed by atoms with Crippen LogP contribution in [0.15, 0.2) is 48.5 Å². The number of urea groups is 1. The molecule has 1 atom stereocenters. The Morgan fingerprint density at radius 2 is 1.58 bits per heavy atom.